The van der Waals surface area contributed by atoms with E-state index in [0.29, 0.717) is 26.7 Å². The van der Waals surface area contributed by atoms with Gasteiger partial charge in [-0.05, 0) is 63.6 Å². The number of halogens is 1. The van der Waals surface area contributed by atoms with Gasteiger partial charge in [-0.15, -0.1) is 0 Å². The molecule has 26 heavy (non-hydrogen) atoms. The predicted octanol–water partition coefficient (Wildman–Crippen LogP) is 4.23. The van der Waals surface area contributed by atoms with Crippen LogP contribution in [-0.4, -0.2) is 26.9 Å². The minimum absolute atomic E-state index is 0.0734. The molecule has 3 rings (SSSR count). The van der Waals surface area contributed by atoms with Crippen LogP contribution in [0.5, 0.6) is 0 Å². The van der Waals surface area contributed by atoms with Crippen molar-refractivity contribution in [1.29, 1.82) is 0 Å². The van der Waals surface area contributed by atoms with Crippen LogP contribution in [0.25, 0.3) is 6.08 Å². The van der Waals surface area contributed by atoms with Gasteiger partial charge in [-0.2, -0.15) is 0 Å². The number of benzene rings is 2. The van der Waals surface area contributed by atoms with Crippen LogP contribution in [0.4, 0.5) is 10.5 Å². The highest BCUT2D eigenvalue weighted by atomic mass is 79.9. The monoisotopic (exact) mass is 432 g/mol. The van der Waals surface area contributed by atoms with Gasteiger partial charge in [0.05, 0.1) is 15.4 Å². The van der Waals surface area contributed by atoms with E-state index in [2.05, 4.69) is 15.9 Å². The molecule has 0 radical (unpaired) electrons. The summed E-state index contributed by atoms with van der Waals surface area (Å²) in [6, 6.07) is 12.0. The molecule has 1 saturated heterocycles. The summed E-state index contributed by atoms with van der Waals surface area (Å²) >= 11 is 3.87. The summed E-state index contributed by atoms with van der Waals surface area (Å²) in [5.74, 6) is -1.44. The Hall–Kier alpha value is -2.78. The highest BCUT2D eigenvalue weighted by Crippen LogP contribution is 2.34. The lowest BCUT2D eigenvalue weighted by Crippen LogP contribution is -2.35. The first kappa shape index (κ1) is 18.0. The van der Waals surface area contributed by atoms with Crippen molar-refractivity contribution in [2.45, 2.75) is 0 Å². The van der Waals surface area contributed by atoms with Crippen molar-refractivity contribution in [3.8, 4) is 0 Å². The number of amides is 3. The van der Waals surface area contributed by atoms with E-state index < -0.39 is 22.0 Å². The molecule has 2 aromatic carbocycles. The Bertz CT molecular complexity index is 971. The van der Waals surface area contributed by atoms with Gasteiger partial charge >= 0.3 is 5.24 Å². The molecule has 0 atom stereocenters. The predicted molar refractivity (Wildman–Crippen MR) is 99.4 cm³/mol. The van der Waals surface area contributed by atoms with Crippen molar-refractivity contribution in [2.75, 3.05) is 0 Å². The zero-order valence-corrected chi connectivity index (χ0v) is 15.3. The fraction of sp³-hybridized carbons (Fsp3) is 0. The number of carbonyl (C=O) groups is 3. The van der Waals surface area contributed by atoms with Gasteiger partial charge in [0.1, 0.15) is 0 Å². The van der Waals surface area contributed by atoms with E-state index in [-0.39, 0.29) is 16.2 Å². The number of rotatable bonds is 3. The fourth-order valence-corrected chi connectivity index (χ4v) is 3.51. The third-order valence-corrected chi connectivity index (χ3v) is 5.06. The molecule has 1 fully saturated rings. The van der Waals surface area contributed by atoms with Crippen LogP contribution in [0.3, 0.4) is 0 Å². The molecule has 0 aromatic heterocycles. The van der Waals surface area contributed by atoms with Crippen LogP contribution in [0.15, 0.2) is 57.9 Å². The Morgan fingerprint density at radius 3 is 2.38 bits per heavy atom. The van der Waals surface area contributed by atoms with Crippen LogP contribution < -0.4 is 0 Å². The quantitative estimate of drug-likeness (QED) is 0.311. The normalized spacial score (nSPS) is 15.6. The van der Waals surface area contributed by atoms with Crippen LogP contribution in [-0.2, 0) is 4.79 Å². The van der Waals surface area contributed by atoms with Crippen molar-refractivity contribution in [1.82, 2.24) is 4.90 Å². The lowest BCUT2D eigenvalue weighted by atomic mass is 10.2. The lowest BCUT2D eigenvalue weighted by molar-refractivity contribution is -0.384. The molecule has 1 heterocycles. The molecule has 0 N–H and O–H groups in total. The zero-order valence-electron chi connectivity index (χ0n) is 12.9. The maximum absolute atomic E-state index is 12.5. The molecule has 9 heteroatoms. The number of imide groups is 3. The topological polar surface area (TPSA) is 97.6 Å². The first-order chi connectivity index (χ1) is 12.4. The summed E-state index contributed by atoms with van der Waals surface area (Å²) < 4.78 is 0.475. The average Bonchev–Trinajstić information content (AvgIpc) is 2.89. The molecule has 1 aliphatic heterocycles. The first-order valence-corrected chi connectivity index (χ1v) is 8.80. The molecule has 0 saturated carbocycles. The molecule has 130 valence electrons. The Morgan fingerprint density at radius 1 is 1.12 bits per heavy atom. The lowest BCUT2D eigenvalue weighted by Gasteiger charge is -2.11. The third kappa shape index (κ3) is 3.44. The zero-order chi connectivity index (χ0) is 18.8. The van der Waals surface area contributed by atoms with Crippen LogP contribution in [0.2, 0.25) is 0 Å². The van der Waals surface area contributed by atoms with Crippen molar-refractivity contribution < 1.29 is 19.3 Å². The molecule has 2 aromatic rings. The van der Waals surface area contributed by atoms with E-state index in [1.807, 2.05) is 0 Å². The van der Waals surface area contributed by atoms with Gasteiger partial charge in [-0.3, -0.25) is 24.5 Å². The molecular weight excluding hydrogens is 424 g/mol. The van der Waals surface area contributed by atoms with Crippen LogP contribution in [0.1, 0.15) is 15.9 Å². The number of nitro benzene ring substituents is 1. The Kier molecular flexibility index (Phi) is 5.01. The van der Waals surface area contributed by atoms with E-state index in [4.69, 9.17) is 0 Å². The molecule has 7 nitrogen and oxygen atoms in total. The standard InChI is InChI=1S/C17H9BrN2O5S/c18-13-4-2-1-3-12(13)15(21)19-16(22)14(26-17(19)23)9-10-5-7-11(8-6-10)20(24)25/h1-9H/b14-9-. The summed E-state index contributed by atoms with van der Waals surface area (Å²) in [5.41, 5.74) is 0.625. The second-order valence-electron chi connectivity index (χ2n) is 5.15. The van der Waals surface area contributed by atoms with E-state index in [0.717, 1.165) is 0 Å². The summed E-state index contributed by atoms with van der Waals surface area (Å²) in [5, 5.41) is 9.98. The smallest absolute Gasteiger partial charge is 0.268 e. The van der Waals surface area contributed by atoms with Crippen molar-refractivity contribution in [3.05, 3.63) is 79.2 Å². The Morgan fingerprint density at radius 2 is 1.77 bits per heavy atom. The Balaban J connectivity index is 1.88. The van der Waals surface area contributed by atoms with Crippen LogP contribution in [0, 0.1) is 10.1 Å². The highest BCUT2D eigenvalue weighted by molar-refractivity contribution is 9.10. The molecule has 0 bridgehead atoms. The van der Waals surface area contributed by atoms with Crippen molar-refractivity contribution in [3.63, 3.8) is 0 Å². The van der Waals surface area contributed by atoms with Gasteiger partial charge in [-0.1, -0.05) is 12.1 Å². The van der Waals surface area contributed by atoms with Gasteiger partial charge in [0.15, 0.2) is 0 Å². The van der Waals surface area contributed by atoms with Gasteiger partial charge in [0, 0.05) is 16.6 Å². The molecule has 0 aliphatic carbocycles. The first-order valence-electron chi connectivity index (χ1n) is 7.20. The average molecular weight is 433 g/mol. The Labute approximate surface area is 160 Å². The van der Waals surface area contributed by atoms with Gasteiger partial charge < -0.3 is 0 Å². The van der Waals surface area contributed by atoms with Crippen molar-refractivity contribution >= 4 is 56.5 Å². The maximum Gasteiger partial charge on any atom is 0.300 e. The highest BCUT2D eigenvalue weighted by Gasteiger charge is 2.40. The van der Waals surface area contributed by atoms with E-state index in [9.17, 15) is 24.5 Å². The van der Waals surface area contributed by atoms with E-state index in [1.54, 1.807) is 18.2 Å². The number of nitro groups is 1. The molecule has 0 unspecified atom stereocenters. The fourth-order valence-electron chi connectivity index (χ4n) is 2.24. The minimum atomic E-state index is -0.723. The van der Waals surface area contributed by atoms with Crippen LogP contribution >= 0.6 is 27.7 Å². The summed E-state index contributed by atoms with van der Waals surface area (Å²) in [4.78, 5) is 48.0. The largest absolute Gasteiger partial charge is 0.300 e. The van der Waals surface area contributed by atoms with Gasteiger partial charge in [-0.25, -0.2) is 4.90 Å². The summed E-state index contributed by atoms with van der Waals surface area (Å²) in [6.07, 6.45) is 1.42. The van der Waals surface area contributed by atoms with Gasteiger partial charge in [0.2, 0.25) is 0 Å². The number of nitrogens with zero attached hydrogens (tertiary/aromatic N) is 2. The second-order valence-corrected chi connectivity index (χ2v) is 7.00. The molecule has 0 spiro atoms. The maximum atomic E-state index is 12.5. The number of carbonyl (C=O) groups excluding carboxylic acids is 3. The summed E-state index contributed by atoms with van der Waals surface area (Å²) in [6.45, 7) is 0. The SMILES string of the molecule is O=C1S/C(=C\c2ccc([N+](=O)[O-])cc2)C(=O)N1C(=O)c1ccccc1Br. The van der Waals surface area contributed by atoms with Crippen molar-refractivity contribution in [2.24, 2.45) is 0 Å². The van der Waals surface area contributed by atoms with Gasteiger partial charge in [0.25, 0.3) is 17.5 Å². The number of hydrogen-bond acceptors (Lipinski definition) is 6. The van der Waals surface area contributed by atoms with E-state index >= 15 is 0 Å². The third-order valence-electron chi connectivity index (χ3n) is 3.50. The number of thioether (sulfide) groups is 1. The number of hydrogen-bond donors (Lipinski definition) is 0. The molecular formula is C17H9BrN2O5S. The minimum Gasteiger partial charge on any atom is -0.268 e. The summed E-state index contributed by atoms with van der Waals surface area (Å²) in [7, 11) is 0. The molecule has 3 amide bonds. The van der Waals surface area contributed by atoms with E-state index in [1.165, 1.54) is 36.4 Å². The second kappa shape index (κ2) is 7.22. The molecule has 1 aliphatic rings. The number of non-ortho nitro benzene ring substituents is 1.